The second-order valence-electron chi connectivity index (χ2n) is 8.08. The van der Waals surface area contributed by atoms with E-state index >= 15 is 0 Å². The van der Waals surface area contributed by atoms with Crippen LogP contribution in [0.4, 0.5) is 0 Å². The van der Waals surface area contributed by atoms with Gasteiger partial charge in [0.2, 0.25) is 0 Å². The maximum absolute atomic E-state index is 13.7. The molecule has 1 aliphatic rings. The minimum atomic E-state index is -0.647. The first-order valence-electron chi connectivity index (χ1n) is 11.4. The molecule has 1 atom stereocenters. The second-order valence-corrected chi connectivity index (χ2v) is 10.9. The first-order chi connectivity index (χ1) is 17.9. The Morgan fingerprint density at radius 3 is 2.78 bits per heavy atom. The number of benzene rings is 1. The number of nitrogens with zero attached hydrogens (tertiary/aromatic N) is 4. The number of hydrogen-bond donors (Lipinski definition) is 0. The lowest BCUT2D eigenvalue weighted by atomic mass is 9.96. The number of fused-ring (bicyclic) bond motifs is 1. The van der Waals surface area contributed by atoms with Gasteiger partial charge in [-0.15, -0.1) is 0 Å². The molecule has 188 valence electrons. The van der Waals surface area contributed by atoms with Crippen molar-refractivity contribution in [1.29, 1.82) is 0 Å². The third-order valence-electron chi connectivity index (χ3n) is 5.54. The number of allylic oxidation sites excluding steroid dienone is 1. The van der Waals surface area contributed by atoms with Crippen LogP contribution in [-0.4, -0.2) is 27.1 Å². The van der Waals surface area contributed by atoms with Crippen LogP contribution in [0.25, 0.3) is 6.08 Å². The topological polar surface area (TPSA) is 99.6 Å². The molecular weight excluding hydrogens is 576 g/mol. The number of halogens is 1. The lowest BCUT2D eigenvalue weighted by molar-refractivity contribution is -0.139. The van der Waals surface area contributed by atoms with E-state index in [-0.39, 0.29) is 12.2 Å². The largest absolute Gasteiger partial charge is 0.463 e. The Hall–Kier alpha value is -3.28. The number of furan rings is 1. The highest BCUT2D eigenvalue weighted by Crippen LogP contribution is 2.35. The molecule has 37 heavy (non-hydrogen) atoms. The predicted molar refractivity (Wildman–Crippen MR) is 144 cm³/mol. The van der Waals surface area contributed by atoms with Crippen LogP contribution in [0, 0.1) is 6.92 Å². The fourth-order valence-electron chi connectivity index (χ4n) is 3.94. The number of rotatable bonds is 6. The van der Waals surface area contributed by atoms with E-state index in [2.05, 4.69) is 30.9 Å². The van der Waals surface area contributed by atoms with Gasteiger partial charge < -0.3 is 9.15 Å². The number of hydrogen-bond acceptors (Lipinski definition) is 9. The zero-order chi connectivity index (χ0) is 26.1. The molecule has 0 N–H and O–H groups in total. The standard InChI is InChI=1S/C26H21BrN4O4S2/c1-4-34-23(33)20-15(3)30-26-31(21(20)16-8-6-5-7-9-16)22(32)19(36-26)13-17-12-18(27)24(35-17)37-25-28-11-10-14(2)29-25/h5-13,21H,4H2,1-3H3/b19-13+/t21-/m0/s1. The molecule has 4 heterocycles. The van der Waals surface area contributed by atoms with Gasteiger partial charge in [0.15, 0.2) is 15.1 Å². The number of carbonyl (C=O) groups excluding carboxylic acids is 1. The number of aromatic nitrogens is 3. The molecule has 3 aromatic heterocycles. The Morgan fingerprint density at radius 2 is 2.05 bits per heavy atom. The zero-order valence-corrected chi connectivity index (χ0v) is 23.3. The summed E-state index contributed by atoms with van der Waals surface area (Å²) in [7, 11) is 0. The van der Waals surface area contributed by atoms with Crippen LogP contribution in [0.5, 0.6) is 0 Å². The van der Waals surface area contributed by atoms with Crippen molar-refractivity contribution < 1.29 is 13.9 Å². The van der Waals surface area contributed by atoms with Crippen molar-refractivity contribution in [2.24, 2.45) is 4.99 Å². The van der Waals surface area contributed by atoms with Crippen molar-refractivity contribution >= 4 is 51.1 Å². The van der Waals surface area contributed by atoms with Crippen molar-refractivity contribution in [3.05, 3.63) is 101 Å². The highest BCUT2D eigenvalue weighted by Gasteiger charge is 2.33. The van der Waals surface area contributed by atoms with Crippen LogP contribution in [-0.2, 0) is 9.53 Å². The summed E-state index contributed by atoms with van der Waals surface area (Å²) in [6, 6.07) is 12.4. The monoisotopic (exact) mass is 596 g/mol. The molecule has 11 heteroatoms. The Labute approximate surface area is 228 Å². The highest BCUT2D eigenvalue weighted by atomic mass is 79.9. The molecule has 8 nitrogen and oxygen atoms in total. The van der Waals surface area contributed by atoms with Gasteiger partial charge in [0.05, 0.1) is 32.9 Å². The molecule has 0 fully saturated rings. The Morgan fingerprint density at radius 1 is 1.27 bits per heavy atom. The van der Waals surface area contributed by atoms with Crippen LogP contribution < -0.4 is 14.9 Å². The lowest BCUT2D eigenvalue weighted by Gasteiger charge is -2.24. The summed E-state index contributed by atoms with van der Waals surface area (Å²) >= 11 is 6.05. The highest BCUT2D eigenvalue weighted by molar-refractivity contribution is 9.10. The minimum Gasteiger partial charge on any atom is -0.463 e. The number of esters is 1. The number of ether oxygens (including phenoxy) is 1. The number of thiazole rings is 1. The quantitative estimate of drug-likeness (QED) is 0.240. The third kappa shape index (κ3) is 5.11. The summed E-state index contributed by atoms with van der Waals surface area (Å²) in [6.45, 7) is 5.63. The molecule has 4 aromatic rings. The van der Waals surface area contributed by atoms with Gasteiger partial charge in [-0.25, -0.2) is 19.8 Å². The molecule has 5 rings (SSSR count). The van der Waals surface area contributed by atoms with Gasteiger partial charge in [-0.3, -0.25) is 9.36 Å². The molecule has 0 aliphatic carbocycles. The average molecular weight is 598 g/mol. The van der Waals surface area contributed by atoms with Crippen molar-refractivity contribution in [3.8, 4) is 0 Å². The van der Waals surface area contributed by atoms with Crippen LogP contribution in [0.2, 0.25) is 0 Å². The van der Waals surface area contributed by atoms with Crippen LogP contribution in [0.1, 0.15) is 36.9 Å². The number of carbonyl (C=O) groups is 1. The summed E-state index contributed by atoms with van der Waals surface area (Å²) in [6.07, 6.45) is 3.38. The SMILES string of the molecule is CCOC(=O)C1=C(C)N=c2s/c(=C/c3cc(Br)c(Sc4nccc(C)n4)o3)c(=O)n2[C@H]1c1ccccc1. The van der Waals surface area contributed by atoms with Gasteiger partial charge in [0, 0.05) is 18.0 Å². The van der Waals surface area contributed by atoms with Gasteiger partial charge >= 0.3 is 5.97 Å². The molecular formula is C26H21BrN4O4S2. The normalized spacial score (nSPS) is 15.5. The van der Waals surface area contributed by atoms with Gasteiger partial charge in [0.1, 0.15) is 5.76 Å². The smallest absolute Gasteiger partial charge is 0.338 e. The molecule has 0 spiro atoms. The van der Waals surface area contributed by atoms with E-state index in [9.17, 15) is 9.59 Å². The summed E-state index contributed by atoms with van der Waals surface area (Å²) in [5, 5.41) is 1.14. The van der Waals surface area contributed by atoms with Gasteiger partial charge in [-0.2, -0.15) is 0 Å². The molecule has 0 saturated carbocycles. The first-order valence-corrected chi connectivity index (χ1v) is 13.8. The molecule has 0 radical (unpaired) electrons. The van der Waals surface area contributed by atoms with E-state index < -0.39 is 12.0 Å². The Balaban J connectivity index is 1.59. The maximum atomic E-state index is 13.7. The van der Waals surface area contributed by atoms with E-state index in [4.69, 9.17) is 9.15 Å². The summed E-state index contributed by atoms with van der Waals surface area (Å²) in [4.78, 5) is 40.4. The maximum Gasteiger partial charge on any atom is 0.338 e. The molecule has 0 bridgehead atoms. The fourth-order valence-corrected chi connectivity index (χ4v) is 6.28. The summed E-state index contributed by atoms with van der Waals surface area (Å²) < 4.78 is 14.0. The van der Waals surface area contributed by atoms with Crippen molar-refractivity contribution in [2.75, 3.05) is 6.61 Å². The second kappa shape index (κ2) is 10.6. The van der Waals surface area contributed by atoms with Crippen molar-refractivity contribution in [2.45, 2.75) is 37.1 Å². The fraction of sp³-hybridized carbons (Fsp3) is 0.192. The minimum absolute atomic E-state index is 0.225. The van der Waals surface area contributed by atoms with E-state index in [1.54, 1.807) is 36.8 Å². The molecule has 0 unspecified atom stereocenters. The third-order valence-corrected chi connectivity index (χ3v) is 8.24. The molecule has 1 aromatic carbocycles. The molecule has 0 saturated heterocycles. The summed E-state index contributed by atoms with van der Waals surface area (Å²) in [5.74, 6) is 0.00626. The number of aryl methyl sites for hydroxylation is 1. The van der Waals surface area contributed by atoms with Crippen molar-refractivity contribution in [3.63, 3.8) is 0 Å². The predicted octanol–water partition coefficient (Wildman–Crippen LogP) is 4.40. The lowest BCUT2D eigenvalue weighted by Crippen LogP contribution is -2.39. The van der Waals surface area contributed by atoms with E-state index in [0.29, 0.717) is 36.6 Å². The first kappa shape index (κ1) is 25.4. The zero-order valence-electron chi connectivity index (χ0n) is 20.1. The van der Waals surface area contributed by atoms with Crippen LogP contribution in [0.3, 0.4) is 0 Å². The molecule has 0 amide bonds. The van der Waals surface area contributed by atoms with Gasteiger partial charge in [-0.1, -0.05) is 41.7 Å². The van der Waals surface area contributed by atoms with E-state index in [0.717, 1.165) is 15.7 Å². The van der Waals surface area contributed by atoms with Crippen molar-refractivity contribution in [1.82, 2.24) is 14.5 Å². The van der Waals surface area contributed by atoms with Crippen LogP contribution >= 0.6 is 39.0 Å². The molecule has 1 aliphatic heterocycles. The Bertz CT molecular complexity index is 1710. The Kier molecular flexibility index (Phi) is 7.27. The van der Waals surface area contributed by atoms with Crippen LogP contribution in [0.15, 0.2) is 88.9 Å². The average Bonchev–Trinajstić information content (AvgIpc) is 3.36. The van der Waals surface area contributed by atoms with Gasteiger partial charge in [-0.05, 0) is 66.2 Å². The van der Waals surface area contributed by atoms with E-state index in [1.807, 2.05) is 43.3 Å². The van der Waals surface area contributed by atoms with E-state index in [1.165, 1.54) is 23.1 Å². The summed E-state index contributed by atoms with van der Waals surface area (Å²) in [5.41, 5.74) is 2.26. The van der Waals surface area contributed by atoms with Gasteiger partial charge in [0.25, 0.3) is 5.56 Å².